The van der Waals surface area contributed by atoms with Crippen LogP contribution in [-0.2, 0) is 7.05 Å². The number of fused-ring (bicyclic) bond motifs is 2. The number of ether oxygens (including phenoxy) is 1. The molecule has 0 bridgehead atoms. The molecular weight excluding hydrogens is 330 g/mol. The van der Waals surface area contributed by atoms with Crippen molar-refractivity contribution >= 4 is 34.4 Å². The van der Waals surface area contributed by atoms with Crippen molar-refractivity contribution in [2.75, 3.05) is 11.4 Å². The molecule has 0 spiro atoms. The Morgan fingerprint density at radius 2 is 2.25 bits per heavy atom. The van der Waals surface area contributed by atoms with Gasteiger partial charge in [-0.1, -0.05) is 22.9 Å². The zero-order valence-electron chi connectivity index (χ0n) is 13.1. The zero-order valence-corrected chi connectivity index (χ0v) is 13.9. The summed E-state index contributed by atoms with van der Waals surface area (Å²) in [7, 11) is 1.76. The van der Waals surface area contributed by atoms with Crippen molar-refractivity contribution in [2.45, 2.75) is 13.0 Å². The van der Waals surface area contributed by atoms with Crippen molar-refractivity contribution in [2.24, 2.45) is 7.05 Å². The standard InChI is InChI=1S/C16H14ClN5O2/c1-9-8-22(13-5-3-4-11(17)14(13)24-9)16(23)10-6-12-15(18-7-10)21(2)20-19-12/h3-7,9H,8H2,1-2H3. The maximum absolute atomic E-state index is 13.0. The van der Waals surface area contributed by atoms with Crippen LogP contribution in [0, 0.1) is 0 Å². The molecule has 24 heavy (non-hydrogen) atoms. The van der Waals surface area contributed by atoms with Gasteiger partial charge in [0.1, 0.15) is 11.6 Å². The van der Waals surface area contributed by atoms with Crippen molar-refractivity contribution < 1.29 is 9.53 Å². The first-order valence-corrected chi connectivity index (χ1v) is 7.85. The lowest BCUT2D eigenvalue weighted by atomic mass is 10.1. The summed E-state index contributed by atoms with van der Waals surface area (Å²) in [6.07, 6.45) is 1.38. The van der Waals surface area contributed by atoms with Crippen LogP contribution in [-0.4, -0.2) is 38.5 Å². The summed E-state index contributed by atoms with van der Waals surface area (Å²) in [6, 6.07) is 7.06. The van der Waals surface area contributed by atoms with Gasteiger partial charge < -0.3 is 9.64 Å². The van der Waals surface area contributed by atoms with Crippen LogP contribution in [0.1, 0.15) is 17.3 Å². The fourth-order valence-corrected chi connectivity index (χ4v) is 3.03. The van der Waals surface area contributed by atoms with E-state index in [1.165, 1.54) is 0 Å². The molecular formula is C16H14ClN5O2. The lowest BCUT2D eigenvalue weighted by Gasteiger charge is -2.33. The van der Waals surface area contributed by atoms with Crippen LogP contribution in [0.3, 0.4) is 0 Å². The van der Waals surface area contributed by atoms with Crippen molar-refractivity contribution in [1.82, 2.24) is 20.0 Å². The summed E-state index contributed by atoms with van der Waals surface area (Å²) in [4.78, 5) is 18.9. The van der Waals surface area contributed by atoms with Crippen LogP contribution in [0.2, 0.25) is 5.02 Å². The first-order chi connectivity index (χ1) is 11.5. The molecule has 0 aliphatic carbocycles. The maximum atomic E-state index is 13.0. The molecule has 3 aromatic rings. The zero-order chi connectivity index (χ0) is 16.8. The van der Waals surface area contributed by atoms with E-state index in [-0.39, 0.29) is 12.0 Å². The molecule has 1 aliphatic rings. The largest absolute Gasteiger partial charge is 0.485 e. The van der Waals surface area contributed by atoms with Crippen LogP contribution in [0.25, 0.3) is 11.2 Å². The molecule has 122 valence electrons. The Kier molecular flexibility index (Phi) is 3.38. The summed E-state index contributed by atoms with van der Waals surface area (Å²) in [5, 5.41) is 8.41. The summed E-state index contributed by atoms with van der Waals surface area (Å²) >= 11 is 6.21. The van der Waals surface area contributed by atoms with E-state index in [9.17, 15) is 4.79 Å². The average molecular weight is 344 g/mol. The molecule has 0 N–H and O–H groups in total. The molecule has 1 amide bonds. The molecule has 4 rings (SSSR count). The Morgan fingerprint density at radius 3 is 3.08 bits per heavy atom. The maximum Gasteiger partial charge on any atom is 0.260 e. The lowest BCUT2D eigenvalue weighted by Crippen LogP contribution is -2.42. The SMILES string of the molecule is CC1CN(C(=O)c2cnc3c(c2)nnn3C)c2cccc(Cl)c2O1. The number of hydrogen-bond donors (Lipinski definition) is 0. The van der Waals surface area contributed by atoms with E-state index >= 15 is 0 Å². The predicted octanol–water partition coefficient (Wildman–Crippen LogP) is 2.44. The number of halogens is 1. The van der Waals surface area contributed by atoms with Crippen molar-refractivity contribution in [3.63, 3.8) is 0 Å². The van der Waals surface area contributed by atoms with Gasteiger partial charge >= 0.3 is 0 Å². The first kappa shape index (κ1) is 14.9. The van der Waals surface area contributed by atoms with Crippen molar-refractivity contribution in [1.29, 1.82) is 0 Å². The molecule has 7 nitrogen and oxygen atoms in total. The monoisotopic (exact) mass is 343 g/mol. The Hall–Kier alpha value is -2.67. The third-order valence-corrected chi connectivity index (χ3v) is 4.23. The number of nitrogens with zero attached hydrogens (tertiary/aromatic N) is 5. The second-order valence-electron chi connectivity index (χ2n) is 5.71. The summed E-state index contributed by atoms with van der Waals surface area (Å²) in [6.45, 7) is 2.33. The predicted molar refractivity (Wildman–Crippen MR) is 89.5 cm³/mol. The quantitative estimate of drug-likeness (QED) is 0.678. The van der Waals surface area contributed by atoms with Gasteiger partial charge in [-0.3, -0.25) is 4.79 Å². The van der Waals surface area contributed by atoms with Crippen LogP contribution >= 0.6 is 11.6 Å². The molecule has 0 saturated heterocycles. The van der Waals surface area contributed by atoms with Gasteiger partial charge in [0.15, 0.2) is 11.4 Å². The number of carbonyl (C=O) groups is 1. The highest BCUT2D eigenvalue weighted by atomic mass is 35.5. The molecule has 1 atom stereocenters. The Morgan fingerprint density at radius 1 is 1.42 bits per heavy atom. The second-order valence-corrected chi connectivity index (χ2v) is 6.12. The van der Waals surface area contributed by atoms with Gasteiger partial charge in [-0.25, -0.2) is 9.67 Å². The van der Waals surface area contributed by atoms with E-state index in [1.807, 2.05) is 13.0 Å². The number of pyridine rings is 1. The third kappa shape index (κ3) is 2.28. The van der Waals surface area contributed by atoms with Gasteiger partial charge in [-0.05, 0) is 25.1 Å². The smallest absolute Gasteiger partial charge is 0.260 e. The number of aromatic nitrogens is 4. The van der Waals surface area contributed by atoms with Crippen LogP contribution < -0.4 is 9.64 Å². The minimum absolute atomic E-state index is 0.158. The minimum atomic E-state index is -0.172. The first-order valence-electron chi connectivity index (χ1n) is 7.47. The third-order valence-electron chi connectivity index (χ3n) is 3.93. The average Bonchev–Trinajstić information content (AvgIpc) is 2.95. The van der Waals surface area contributed by atoms with E-state index in [0.29, 0.717) is 39.7 Å². The highest BCUT2D eigenvalue weighted by Gasteiger charge is 2.30. The number of hydrogen-bond acceptors (Lipinski definition) is 5. The van der Waals surface area contributed by atoms with E-state index in [0.717, 1.165) is 0 Å². The number of rotatable bonds is 1. The van der Waals surface area contributed by atoms with Crippen LogP contribution in [0.15, 0.2) is 30.5 Å². The van der Waals surface area contributed by atoms with E-state index in [4.69, 9.17) is 16.3 Å². The molecule has 1 aromatic carbocycles. The number of aryl methyl sites for hydroxylation is 1. The van der Waals surface area contributed by atoms with Crippen molar-refractivity contribution in [3.8, 4) is 5.75 Å². The highest BCUT2D eigenvalue weighted by Crippen LogP contribution is 2.39. The Labute approximate surface area is 142 Å². The van der Waals surface area contributed by atoms with Gasteiger partial charge in [0.25, 0.3) is 5.91 Å². The molecule has 8 heteroatoms. The van der Waals surface area contributed by atoms with E-state index in [1.54, 1.807) is 41.0 Å². The normalized spacial score (nSPS) is 16.8. The fourth-order valence-electron chi connectivity index (χ4n) is 2.81. The van der Waals surface area contributed by atoms with Gasteiger partial charge in [-0.15, -0.1) is 5.10 Å². The number of carbonyl (C=O) groups excluding carboxylic acids is 1. The second kappa shape index (κ2) is 5.45. The number of para-hydroxylation sites is 1. The lowest BCUT2D eigenvalue weighted by molar-refractivity contribution is 0.0961. The van der Waals surface area contributed by atoms with Crippen LogP contribution in [0.4, 0.5) is 5.69 Å². The molecule has 2 aromatic heterocycles. The van der Waals surface area contributed by atoms with Gasteiger partial charge in [-0.2, -0.15) is 0 Å². The summed E-state index contributed by atoms with van der Waals surface area (Å²) in [5.74, 6) is 0.355. The summed E-state index contributed by atoms with van der Waals surface area (Å²) < 4.78 is 7.35. The van der Waals surface area contributed by atoms with Gasteiger partial charge in [0.2, 0.25) is 0 Å². The summed E-state index contributed by atoms with van der Waals surface area (Å²) in [5.41, 5.74) is 2.31. The highest BCUT2D eigenvalue weighted by molar-refractivity contribution is 6.32. The Bertz CT molecular complexity index is 955. The van der Waals surface area contributed by atoms with Crippen molar-refractivity contribution in [3.05, 3.63) is 41.0 Å². The van der Waals surface area contributed by atoms with Gasteiger partial charge in [0, 0.05) is 13.2 Å². The molecule has 0 radical (unpaired) electrons. The molecule has 0 saturated carbocycles. The van der Waals surface area contributed by atoms with E-state index in [2.05, 4.69) is 15.3 Å². The molecule has 1 unspecified atom stereocenters. The Balaban J connectivity index is 1.77. The fraction of sp³-hybridized carbons (Fsp3) is 0.250. The molecule has 1 aliphatic heterocycles. The minimum Gasteiger partial charge on any atom is -0.485 e. The number of amides is 1. The number of anilines is 1. The van der Waals surface area contributed by atoms with E-state index < -0.39 is 0 Å². The number of benzene rings is 1. The molecule has 0 fully saturated rings. The molecule has 3 heterocycles. The topological polar surface area (TPSA) is 73.1 Å². The van der Waals surface area contributed by atoms with Crippen LogP contribution in [0.5, 0.6) is 5.75 Å². The van der Waals surface area contributed by atoms with Gasteiger partial charge in [0.05, 0.1) is 22.8 Å².